The maximum Gasteiger partial charge on any atom is 0.417 e. The third kappa shape index (κ3) is 5.88. The van der Waals surface area contributed by atoms with Crippen LogP contribution in [-0.2, 0) is 24.2 Å². The first-order valence-corrected chi connectivity index (χ1v) is 10.9. The predicted molar refractivity (Wildman–Crippen MR) is 125 cm³/mol. The average Bonchev–Trinajstić information content (AvgIpc) is 3.25. The molecule has 0 atom stereocenters. The minimum atomic E-state index is -4.54. The second-order valence-corrected chi connectivity index (χ2v) is 7.82. The Morgan fingerprint density at radius 1 is 1.09 bits per heavy atom. The fourth-order valence-corrected chi connectivity index (χ4v) is 3.56. The summed E-state index contributed by atoms with van der Waals surface area (Å²) in [6.07, 6.45) is -4.54. The van der Waals surface area contributed by atoms with E-state index in [1.165, 1.54) is 19.2 Å². The van der Waals surface area contributed by atoms with Gasteiger partial charge in [0.15, 0.2) is 0 Å². The maximum absolute atomic E-state index is 13.3. The van der Waals surface area contributed by atoms with Gasteiger partial charge in [-0.3, -0.25) is 14.6 Å². The molecule has 182 valence electrons. The van der Waals surface area contributed by atoms with Crippen molar-refractivity contribution in [3.63, 3.8) is 0 Å². The Morgan fingerprint density at radius 2 is 1.76 bits per heavy atom. The molecule has 0 spiro atoms. The van der Waals surface area contributed by atoms with Crippen LogP contribution in [0.2, 0.25) is 0 Å². The molecule has 0 radical (unpaired) electrons. The number of alkyl halides is 3. The SMILES string of the molecule is CCN(CC)Cc1cccc(CON=C(N)N(C)C(=O)c2cc3c(C(F)(F)F)cccc3[nH]2)c1. The number of hydrogen-bond donors (Lipinski definition) is 2. The largest absolute Gasteiger partial charge is 0.417 e. The molecule has 1 aromatic heterocycles. The Labute approximate surface area is 196 Å². The highest BCUT2D eigenvalue weighted by molar-refractivity contribution is 6.06. The van der Waals surface area contributed by atoms with Crippen molar-refractivity contribution in [3.8, 4) is 0 Å². The number of halogens is 3. The van der Waals surface area contributed by atoms with Gasteiger partial charge in [0.05, 0.1) is 5.56 Å². The average molecular weight is 476 g/mol. The van der Waals surface area contributed by atoms with Crippen LogP contribution in [0, 0.1) is 0 Å². The highest BCUT2D eigenvalue weighted by atomic mass is 19.4. The van der Waals surface area contributed by atoms with Crippen molar-refractivity contribution in [1.29, 1.82) is 0 Å². The maximum atomic E-state index is 13.3. The van der Waals surface area contributed by atoms with Gasteiger partial charge in [0.25, 0.3) is 5.91 Å². The normalized spacial score (nSPS) is 12.4. The minimum Gasteiger partial charge on any atom is -0.388 e. The third-order valence-corrected chi connectivity index (χ3v) is 5.53. The van der Waals surface area contributed by atoms with Gasteiger partial charge < -0.3 is 15.6 Å². The van der Waals surface area contributed by atoms with E-state index < -0.39 is 17.6 Å². The third-order valence-electron chi connectivity index (χ3n) is 5.53. The molecule has 3 N–H and O–H groups in total. The van der Waals surface area contributed by atoms with Gasteiger partial charge in [0.1, 0.15) is 12.3 Å². The van der Waals surface area contributed by atoms with Gasteiger partial charge in [-0.05, 0) is 47.6 Å². The number of fused-ring (bicyclic) bond motifs is 1. The first kappa shape index (κ1) is 25.1. The van der Waals surface area contributed by atoms with E-state index in [0.29, 0.717) is 0 Å². The summed E-state index contributed by atoms with van der Waals surface area (Å²) in [6.45, 7) is 7.09. The van der Waals surface area contributed by atoms with E-state index in [4.69, 9.17) is 10.6 Å². The van der Waals surface area contributed by atoms with Crippen LogP contribution in [-0.4, -0.2) is 46.8 Å². The van der Waals surface area contributed by atoms with Gasteiger partial charge in [-0.25, -0.2) is 0 Å². The van der Waals surface area contributed by atoms with E-state index in [2.05, 4.69) is 28.9 Å². The van der Waals surface area contributed by atoms with E-state index in [1.807, 2.05) is 24.3 Å². The summed E-state index contributed by atoms with van der Waals surface area (Å²) < 4.78 is 39.8. The molecule has 0 fully saturated rings. The van der Waals surface area contributed by atoms with E-state index in [0.717, 1.165) is 47.8 Å². The molecule has 0 aliphatic carbocycles. The number of hydrogen-bond acceptors (Lipinski definition) is 4. The standard InChI is InChI=1S/C24H28F3N5O2/c1-4-32(5-2)14-16-8-6-9-17(12-16)15-34-30-23(28)31(3)22(33)21-13-18-19(24(25,26)27)10-7-11-20(18)29-21/h6-13,29H,4-5,14-15H2,1-3H3,(H2,28,30). The van der Waals surface area contributed by atoms with Crippen LogP contribution in [0.3, 0.4) is 0 Å². The van der Waals surface area contributed by atoms with Crippen LogP contribution >= 0.6 is 0 Å². The van der Waals surface area contributed by atoms with Crippen molar-refractivity contribution in [2.75, 3.05) is 20.1 Å². The zero-order valence-electron chi connectivity index (χ0n) is 19.3. The highest BCUT2D eigenvalue weighted by Gasteiger charge is 2.33. The molecule has 3 rings (SSSR count). The number of H-pyrrole nitrogens is 1. The summed E-state index contributed by atoms with van der Waals surface area (Å²) in [4.78, 5) is 24.1. The number of benzene rings is 2. The van der Waals surface area contributed by atoms with Gasteiger partial charge >= 0.3 is 6.18 Å². The number of oxime groups is 1. The predicted octanol–water partition coefficient (Wildman–Crippen LogP) is 4.55. The lowest BCUT2D eigenvalue weighted by Crippen LogP contribution is -2.39. The van der Waals surface area contributed by atoms with Gasteiger partial charge in [-0.1, -0.05) is 44.2 Å². The number of carbonyl (C=O) groups is 1. The van der Waals surface area contributed by atoms with Crippen LogP contribution < -0.4 is 5.73 Å². The molecule has 2 aromatic carbocycles. The molecule has 1 amide bonds. The summed E-state index contributed by atoms with van der Waals surface area (Å²) in [7, 11) is 1.37. The lowest BCUT2D eigenvalue weighted by Gasteiger charge is -2.18. The van der Waals surface area contributed by atoms with Crippen molar-refractivity contribution in [2.24, 2.45) is 10.9 Å². The van der Waals surface area contributed by atoms with Crippen molar-refractivity contribution in [3.05, 3.63) is 70.9 Å². The van der Waals surface area contributed by atoms with Crippen LogP contribution in [0.25, 0.3) is 10.9 Å². The van der Waals surface area contributed by atoms with Crippen LogP contribution in [0.5, 0.6) is 0 Å². The lowest BCUT2D eigenvalue weighted by atomic mass is 10.1. The number of carbonyl (C=O) groups excluding carboxylic acids is 1. The summed E-state index contributed by atoms with van der Waals surface area (Å²) in [5.41, 5.74) is 7.24. The number of aromatic nitrogens is 1. The summed E-state index contributed by atoms with van der Waals surface area (Å²) >= 11 is 0. The zero-order chi connectivity index (χ0) is 24.9. The molecule has 0 bridgehead atoms. The Morgan fingerprint density at radius 3 is 2.44 bits per heavy atom. The number of rotatable bonds is 8. The number of aromatic amines is 1. The van der Waals surface area contributed by atoms with Crippen molar-refractivity contribution in [1.82, 2.24) is 14.8 Å². The molecule has 0 unspecified atom stereocenters. The van der Waals surface area contributed by atoms with Gasteiger partial charge in [-0.2, -0.15) is 13.2 Å². The quantitative estimate of drug-likeness (QED) is 0.284. The Balaban J connectivity index is 1.67. The van der Waals surface area contributed by atoms with Crippen LogP contribution in [0.15, 0.2) is 53.7 Å². The highest BCUT2D eigenvalue weighted by Crippen LogP contribution is 2.35. The molecule has 10 heteroatoms. The van der Waals surface area contributed by atoms with Crippen molar-refractivity contribution in [2.45, 2.75) is 33.2 Å². The van der Waals surface area contributed by atoms with Crippen LogP contribution in [0.1, 0.15) is 41.0 Å². The molecule has 1 heterocycles. The van der Waals surface area contributed by atoms with Crippen molar-refractivity contribution >= 4 is 22.8 Å². The van der Waals surface area contributed by atoms with Crippen LogP contribution in [0.4, 0.5) is 13.2 Å². The second kappa shape index (κ2) is 10.6. The van der Waals surface area contributed by atoms with E-state index in [9.17, 15) is 18.0 Å². The smallest absolute Gasteiger partial charge is 0.388 e. The van der Waals surface area contributed by atoms with Gasteiger partial charge in [0.2, 0.25) is 5.96 Å². The number of nitrogens with two attached hydrogens (primary N) is 1. The number of nitrogens with zero attached hydrogens (tertiary/aromatic N) is 3. The Hall–Kier alpha value is -3.53. The topological polar surface area (TPSA) is 86.9 Å². The molecular formula is C24H28F3N5O2. The molecule has 0 saturated carbocycles. The summed E-state index contributed by atoms with van der Waals surface area (Å²) in [5, 5.41) is 3.70. The van der Waals surface area contributed by atoms with Gasteiger partial charge in [0, 0.05) is 24.5 Å². The molecule has 0 aliphatic heterocycles. The number of nitrogens with one attached hydrogen (secondary N) is 1. The fourth-order valence-electron chi connectivity index (χ4n) is 3.56. The van der Waals surface area contributed by atoms with E-state index in [-0.39, 0.29) is 29.2 Å². The second-order valence-electron chi connectivity index (χ2n) is 7.82. The Kier molecular flexibility index (Phi) is 7.83. The monoisotopic (exact) mass is 475 g/mol. The summed E-state index contributed by atoms with van der Waals surface area (Å²) in [5.74, 6) is -0.866. The molecule has 3 aromatic rings. The zero-order valence-corrected chi connectivity index (χ0v) is 19.3. The summed E-state index contributed by atoms with van der Waals surface area (Å²) in [6, 6.07) is 12.8. The van der Waals surface area contributed by atoms with E-state index in [1.54, 1.807) is 0 Å². The number of amides is 1. The molecule has 0 saturated heterocycles. The minimum absolute atomic E-state index is 0.0450. The molecule has 7 nitrogen and oxygen atoms in total. The van der Waals surface area contributed by atoms with Crippen molar-refractivity contribution < 1.29 is 22.8 Å². The first-order valence-electron chi connectivity index (χ1n) is 10.9. The van der Waals surface area contributed by atoms with Gasteiger partial charge in [-0.15, -0.1) is 0 Å². The number of guanidine groups is 1. The Bertz CT molecular complexity index is 1170. The van der Waals surface area contributed by atoms with E-state index >= 15 is 0 Å². The molecule has 34 heavy (non-hydrogen) atoms. The lowest BCUT2D eigenvalue weighted by molar-refractivity contribution is -0.136. The fraction of sp³-hybridized carbons (Fsp3) is 0.333. The molecule has 0 aliphatic rings. The molecular weight excluding hydrogens is 447 g/mol. The first-order chi connectivity index (χ1) is 16.1.